The molecule has 0 spiro atoms. The first kappa shape index (κ1) is 15.6. The molecule has 0 aromatic heterocycles. The highest BCUT2D eigenvalue weighted by atomic mass is 79.9. The van der Waals surface area contributed by atoms with Crippen molar-refractivity contribution in [2.75, 3.05) is 36.5 Å². The Hall–Kier alpha value is 0.590. The maximum absolute atomic E-state index is 11.2. The number of unbranched alkanes of at least 4 members (excludes halogenated alkanes) is 6. The van der Waals surface area contributed by atoms with Crippen LogP contribution in [0.4, 0.5) is 0 Å². The molecule has 0 saturated carbocycles. The van der Waals surface area contributed by atoms with Crippen LogP contribution in [0.15, 0.2) is 0 Å². The van der Waals surface area contributed by atoms with Crippen LogP contribution in [0.25, 0.3) is 0 Å². The Morgan fingerprint density at radius 1 is 0.882 bits per heavy atom. The summed E-state index contributed by atoms with van der Waals surface area (Å²) in [6.07, 6.45) is 9.58. The molecule has 2 nitrogen and oxygen atoms in total. The zero-order chi connectivity index (χ0) is 12.3. The lowest BCUT2D eigenvalue weighted by atomic mass is 10.1. The van der Waals surface area contributed by atoms with E-state index in [1.807, 2.05) is 0 Å². The quantitative estimate of drug-likeness (QED) is 0.480. The average molecular weight is 324 g/mol. The van der Waals surface area contributed by atoms with Crippen molar-refractivity contribution in [3.05, 3.63) is 0 Å². The minimum atomic E-state index is -0.520. The van der Waals surface area contributed by atoms with Crippen molar-refractivity contribution in [3.8, 4) is 0 Å². The van der Waals surface area contributed by atoms with E-state index in [1.54, 1.807) is 0 Å². The molecule has 1 aliphatic rings. The molecule has 17 heavy (non-hydrogen) atoms. The zero-order valence-electron chi connectivity index (χ0n) is 10.8. The molecule has 102 valence electrons. The fourth-order valence-electron chi connectivity index (χ4n) is 2.21. The van der Waals surface area contributed by atoms with Crippen LogP contribution in [0.3, 0.4) is 0 Å². The molecule has 0 aromatic carbocycles. The van der Waals surface area contributed by atoms with E-state index in [0.29, 0.717) is 0 Å². The Balaban J connectivity index is 1.82. The Kier molecular flexibility index (Phi) is 9.67. The maximum Gasteiger partial charge on any atom is 0.0363 e. The first-order valence-corrected chi connectivity index (χ1v) is 9.57. The number of nitrogens with zero attached hydrogens (tertiary/aromatic N) is 1. The van der Waals surface area contributed by atoms with E-state index in [-0.39, 0.29) is 0 Å². The molecule has 0 N–H and O–H groups in total. The molecular weight excluding hydrogens is 298 g/mol. The Bertz CT molecular complexity index is 204. The van der Waals surface area contributed by atoms with E-state index >= 15 is 0 Å². The molecule has 0 unspecified atom stereocenters. The second kappa shape index (κ2) is 10.5. The third kappa shape index (κ3) is 8.33. The number of rotatable bonds is 9. The van der Waals surface area contributed by atoms with Crippen molar-refractivity contribution >= 4 is 26.7 Å². The van der Waals surface area contributed by atoms with Crippen molar-refractivity contribution in [2.24, 2.45) is 0 Å². The SMILES string of the molecule is O=S1CCN(CCCCCCCCCBr)CC1. The van der Waals surface area contributed by atoms with Crippen molar-refractivity contribution < 1.29 is 4.21 Å². The number of alkyl halides is 1. The predicted molar refractivity (Wildman–Crippen MR) is 80.4 cm³/mol. The van der Waals surface area contributed by atoms with E-state index < -0.39 is 10.8 Å². The molecule has 1 fully saturated rings. The largest absolute Gasteiger partial charge is 0.302 e. The van der Waals surface area contributed by atoms with Crippen LogP contribution in [0.1, 0.15) is 44.9 Å². The van der Waals surface area contributed by atoms with Crippen LogP contribution in [0.5, 0.6) is 0 Å². The summed E-state index contributed by atoms with van der Waals surface area (Å²) in [7, 11) is -0.520. The van der Waals surface area contributed by atoms with Crippen molar-refractivity contribution in [1.29, 1.82) is 0 Å². The molecule has 0 aliphatic carbocycles. The van der Waals surface area contributed by atoms with Crippen LogP contribution in [0.2, 0.25) is 0 Å². The smallest absolute Gasteiger partial charge is 0.0363 e. The van der Waals surface area contributed by atoms with Gasteiger partial charge in [0.05, 0.1) is 0 Å². The normalized spacial score (nSPS) is 18.6. The second-order valence-corrected chi connectivity index (χ2v) is 7.34. The monoisotopic (exact) mass is 323 g/mol. The highest BCUT2D eigenvalue weighted by Crippen LogP contribution is 2.09. The third-order valence-electron chi connectivity index (χ3n) is 3.38. The molecule has 0 amide bonds. The van der Waals surface area contributed by atoms with Gasteiger partial charge in [0.15, 0.2) is 0 Å². The van der Waals surface area contributed by atoms with Gasteiger partial charge in [0.2, 0.25) is 0 Å². The van der Waals surface area contributed by atoms with Crippen molar-refractivity contribution in [3.63, 3.8) is 0 Å². The van der Waals surface area contributed by atoms with Gasteiger partial charge in [0.1, 0.15) is 0 Å². The predicted octanol–water partition coefficient (Wildman–Crippen LogP) is 3.18. The van der Waals surface area contributed by atoms with Crippen molar-refractivity contribution in [2.45, 2.75) is 44.9 Å². The van der Waals surface area contributed by atoms with Crippen LogP contribution < -0.4 is 0 Å². The minimum absolute atomic E-state index is 0.520. The van der Waals surface area contributed by atoms with Gasteiger partial charge in [-0.15, -0.1) is 0 Å². The summed E-state index contributed by atoms with van der Waals surface area (Å²) in [5.74, 6) is 1.79. The summed E-state index contributed by atoms with van der Waals surface area (Å²) in [4.78, 5) is 2.48. The molecule has 0 aromatic rings. The van der Waals surface area contributed by atoms with E-state index in [0.717, 1.165) is 29.9 Å². The molecule has 0 bridgehead atoms. The molecule has 1 saturated heterocycles. The maximum atomic E-state index is 11.2. The molecular formula is C13H26BrNOS. The Labute approximate surface area is 117 Å². The summed E-state index contributed by atoms with van der Waals surface area (Å²) in [6, 6.07) is 0. The van der Waals surface area contributed by atoms with Gasteiger partial charge in [-0.05, 0) is 19.4 Å². The fourth-order valence-corrected chi connectivity index (χ4v) is 3.74. The van der Waals surface area contributed by atoms with E-state index in [9.17, 15) is 4.21 Å². The number of hydrogen-bond acceptors (Lipinski definition) is 2. The fraction of sp³-hybridized carbons (Fsp3) is 1.00. The third-order valence-corrected chi connectivity index (χ3v) is 5.21. The van der Waals surface area contributed by atoms with Crippen molar-refractivity contribution in [1.82, 2.24) is 4.90 Å². The van der Waals surface area contributed by atoms with Gasteiger partial charge >= 0.3 is 0 Å². The van der Waals surface area contributed by atoms with Crippen LogP contribution in [-0.2, 0) is 10.8 Å². The van der Waals surface area contributed by atoms with Crippen LogP contribution >= 0.6 is 15.9 Å². The minimum Gasteiger partial charge on any atom is -0.302 e. The van der Waals surface area contributed by atoms with Gasteiger partial charge in [0, 0.05) is 40.7 Å². The first-order valence-electron chi connectivity index (χ1n) is 6.96. The van der Waals surface area contributed by atoms with Crippen LogP contribution in [-0.4, -0.2) is 45.6 Å². The van der Waals surface area contributed by atoms with Gasteiger partial charge < -0.3 is 4.90 Å². The molecule has 0 radical (unpaired) electrons. The van der Waals surface area contributed by atoms with E-state index in [4.69, 9.17) is 0 Å². The standard InChI is InChI=1S/C13H26BrNOS/c14-8-6-4-2-1-3-5-7-9-15-10-12-17(16)13-11-15/h1-13H2. The van der Waals surface area contributed by atoms with E-state index in [1.165, 1.54) is 51.5 Å². The topological polar surface area (TPSA) is 20.3 Å². The van der Waals surface area contributed by atoms with Crippen LogP contribution in [0, 0.1) is 0 Å². The summed E-state index contributed by atoms with van der Waals surface area (Å²) < 4.78 is 11.2. The highest BCUT2D eigenvalue weighted by molar-refractivity contribution is 9.09. The number of hydrogen-bond donors (Lipinski definition) is 0. The van der Waals surface area contributed by atoms with Gasteiger partial charge in [-0.25, -0.2) is 0 Å². The highest BCUT2D eigenvalue weighted by Gasteiger charge is 2.13. The molecule has 1 rings (SSSR count). The Morgan fingerprint density at radius 3 is 2.00 bits per heavy atom. The second-order valence-electron chi connectivity index (χ2n) is 4.85. The summed E-state index contributed by atoms with van der Waals surface area (Å²) in [5, 5.41) is 1.16. The molecule has 0 atom stereocenters. The lowest BCUT2D eigenvalue weighted by Gasteiger charge is -2.25. The lowest BCUT2D eigenvalue weighted by Crippen LogP contribution is -2.38. The van der Waals surface area contributed by atoms with Gasteiger partial charge in [-0.1, -0.05) is 48.0 Å². The Morgan fingerprint density at radius 2 is 1.41 bits per heavy atom. The molecule has 1 aliphatic heterocycles. The average Bonchev–Trinajstić information content (AvgIpc) is 2.35. The van der Waals surface area contributed by atoms with Gasteiger partial charge in [-0.2, -0.15) is 0 Å². The van der Waals surface area contributed by atoms with Gasteiger partial charge in [0.25, 0.3) is 0 Å². The molecule has 1 heterocycles. The summed E-state index contributed by atoms with van der Waals surface area (Å²) >= 11 is 3.46. The summed E-state index contributed by atoms with van der Waals surface area (Å²) in [6.45, 7) is 3.33. The van der Waals surface area contributed by atoms with E-state index in [2.05, 4.69) is 20.8 Å². The number of halogens is 1. The zero-order valence-corrected chi connectivity index (χ0v) is 13.2. The summed E-state index contributed by atoms with van der Waals surface area (Å²) in [5.41, 5.74) is 0. The molecule has 4 heteroatoms. The lowest BCUT2D eigenvalue weighted by molar-refractivity contribution is 0.291. The van der Waals surface area contributed by atoms with Gasteiger partial charge in [-0.3, -0.25) is 4.21 Å². The first-order chi connectivity index (χ1) is 8.33.